The summed E-state index contributed by atoms with van der Waals surface area (Å²) in [7, 11) is 0. The summed E-state index contributed by atoms with van der Waals surface area (Å²) in [6.07, 6.45) is 1.92. The fourth-order valence-corrected chi connectivity index (χ4v) is 6.42. The molecule has 40 heavy (non-hydrogen) atoms. The lowest BCUT2D eigenvalue weighted by Gasteiger charge is -2.27. The number of aromatic hydroxyl groups is 1. The van der Waals surface area contributed by atoms with Gasteiger partial charge in [-0.3, -0.25) is 0 Å². The quantitative estimate of drug-likeness (QED) is 0.228. The Morgan fingerprint density at radius 1 is 1.23 bits per heavy atom. The molecule has 2 N–H and O–H groups in total. The maximum Gasteiger partial charge on any atom is 0.319 e. The molecule has 0 amide bonds. The van der Waals surface area contributed by atoms with Crippen molar-refractivity contribution in [2.75, 3.05) is 37.7 Å². The zero-order chi connectivity index (χ0) is 28.2. The van der Waals surface area contributed by atoms with Gasteiger partial charge >= 0.3 is 6.01 Å². The Labute approximate surface area is 237 Å². The van der Waals surface area contributed by atoms with Gasteiger partial charge in [-0.05, 0) is 60.9 Å². The van der Waals surface area contributed by atoms with Crippen LogP contribution in [0.2, 0.25) is 5.02 Å². The van der Waals surface area contributed by atoms with Gasteiger partial charge in [-0.25, -0.2) is 8.78 Å². The SMILES string of the molecule is CCCN(CC(C)C)c1nc(OCC23CNCC2C3)nc2c(F)c(-c3cc(O)cc4cccc(Cl)c34)c(F)cc12. The Kier molecular flexibility index (Phi) is 6.95. The zero-order valence-corrected chi connectivity index (χ0v) is 23.7. The number of halogens is 3. The van der Waals surface area contributed by atoms with Crippen molar-refractivity contribution < 1.29 is 18.6 Å². The van der Waals surface area contributed by atoms with Crippen LogP contribution in [0.1, 0.15) is 33.6 Å². The Morgan fingerprint density at radius 2 is 2.05 bits per heavy atom. The largest absolute Gasteiger partial charge is 0.508 e. The molecule has 2 aliphatic rings. The molecule has 2 atom stereocenters. The molecule has 0 radical (unpaired) electrons. The second-order valence-electron chi connectivity index (χ2n) is 11.6. The van der Waals surface area contributed by atoms with Crippen molar-refractivity contribution >= 4 is 39.1 Å². The number of nitrogens with zero attached hydrogens (tertiary/aromatic N) is 3. The van der Waals surface area contributed by atoms with Crippen molar-refractivity contribution in [3.05, 3.63) is 53.1 Å². The fraction of sp³-hybridized carbons (Fsp3) is 0.419. The van der Waals surface area contributed by atoms with E-state index in [1.807, 2.05) is 0 Å². The highest BCUT2D eigenvalue weighted by atomic mass is 35.5. The summed E-state index contributed by atoms with van der Waals surface area (Å²) >= 11 is 6.50. The standard InChI is InChI=1S/C31H33ClF2N4O2/c1-4-8-38(14-17(2)3)29-22-11-24(33)26(21-10-20(39)9-18-6-5-7-23(32)25(18)21)27(34)28(22)36-30(37-29)40-16-31-12-19(31)13-35-15-31/h5-7,9-11,17,19,35,39H,4,8,12-16H2,1-3H3. The summed E-state index contributed by atoms with van der Waals surface area (Å²) in [5.74, 6) is -0.425. The molecule has 0 spiro atoms. The highest BCUT2D eigenvalue weighted by Gasteiger charge is 2.57. The Balaban J connectivity index is 1.55. The number of hydrogen-bond donors (Lipinski definition) is 2. The summed E-state index contributed by atoms with van der Waals surface area (Å²) in [4.78, 5) is 11.3. The number of hydrogen-bond acceptors (Lipinski definition) is 6. The highest BCUT2D eigenvalue weighted by molar-refractivity contribution is 6.36. The van der Waals surface area contributed by atoms with Crippen LogP contribution in [-0.2, 0) is 0 Å². The van der Waals surface area contributed by atoms with Crippen LogP contribution in [0.3, 0.4) is 0 Å². The molecule has 2 unspecified atom stereocenters. The van der Waals surface area contributed by atoms with Crippen molar-refractivity contribution in [2.24, 2.45) is 17.3 Å². The molecule has 2 fully saturated rings. The first-order chi connectivity index (χ1) is 19.2. The van der Waals surface area contributed by atoms with E-state index in [-0.39, 0.29) is 39.2 Å². The van der Waals surface area contributed by atoms with Crippen LogP contribution in [0.15, 0.2) is 36.4 Å². The third-order valence-corrected chi connectivity index (χ3v) is 8.43. The fourth-order valence-electron chi connectivity index (χ4n) is 6.14. The van der Waals surface area contributed by atoms with Crippen LogP contribution in [0, 0.1) is 28.9 Å². The number of phenols is 1. The van der Waals surface area contributed by atoms with E-state index in [4.69, 9.17) is 21.3 Å². The Hall–Kier alpha value is -3.23. The van der Waals surface area contributed by atoms with E-state index in [1.54, 1.807) is 18.2 Å². The van der Waals surface area contributed by atoms with Gasteiger partial charge in [-0.1, -0.05) is 44.5 Å². The number of ether oxygens (including phenoxy) is 1. The molecule has 210 valence electrons. The first-order valence-electron chi connectivity index (χ1n) is 13.9. The van der Waals surface area contributed by atoms with E-state index >= 15 is 8.78 Å². The van der Waals surface area contributed by atoms with Crippen molar-refractivity contribution in [1.29, 1.82) is 0 Å². The van der Waals surface area contributed by atoms with Gasteiger partial charge in [-0.2, -0.15) is 9.97 Å². The van der Waals surface area contributed by atoms with Crippen molar-refractivity contribution in [1.82, 2.24) is 15.3 Å². The summed E-state index contributed by atoms with van der Waals surface area (Å²) in [5, 5.41) is 15.4. The highest BCUT2D eigenvalue weighted by Crippen LogP contribution is 2.55. The molecule has 1 saturated heterocycles. The molecule has 1 aromatic heterocycles. The molecule has 6 rings (SSSR count). The Bertz CT molecular complexity index is 1610. The van der Waals surface area contributed by atoms with Gasteiger partial charge in [0.25, 0.3) is 0 Å². The predicted octanol–water partition coefficient (Wildman–Crippen LogP) is 6.95. The van der Waals surface area contributed by atoms with Gasteiger partial charge in [0.05, 0.1) is 12.2 Å². The number of aromatic nitrogens is 2. The minimum atomic E-state index is -0.846. The molecular formula is C31H33ClF2N4O2. The minimum absolute atomic E-state index is 0.0285. The normalized spacial score (nSPS) is 19.9. The minimum Gasteiger partial charge on any atom is -0.508 e. The molecule has 1 saturated carbocycles. The van der Waals surface area contributed by atoms with E-state index in [9.17, 15) is 5.11 Å². The number of rotatable bonds is 9. The molecule has 4 aromatic rings. The van der Waals surface area contributed by atoms with Crippen molar-refractivity contribution in [3.8, 4) is 22.9 Å². The monoisotopic (exact) mass is 566 g/mol. The maximum absolute atomic E-state index is 16.6. The van der Waals surface area contributed by atoms with Crippen LogP contribution in [0.5, 0.6) is 11.8 Å². The molecule has 9 heteroatoms. The third kappa shape index (κ3) is 4.71. The number of piperidine rings is 1. The number of benzene rings is 3. The van der Waals surface area contributed by atoms with E-state index in [0.717, 1.165) is 25.9 Å². The lowest BCUT2D eigenvalue weighted by atomic mass is 9.95. The average molecular weight is 567 g/mol. The summed E-state index contributed by atoms with van der Waals surface area (Å²) in [6.45, 7) is 9.87. The second kappa shape index (κ2) is 10.3. The topological polar surface area (TPSA) is 70.5 Å². The predicted molar refractivity (Wildman–Crippen MR) is 155 cm³/mol. The smallest absolute Gasteiger partial charge is 0.319 e. The zero-order valence-electron chi connectivity index (χ0n) is 22.9. The van der Waals surface area contributed by atoms with E-state index in [1.165, 1.54) is 18.2 Å². The first kappa shape index (κ1) is 27.0. The number of phenolic OH excluding ortho intramolecular Hbond substituents is 1. The van der Waals surface area contributed by atoms with Crippen LogP contribution in [0.25, 0.3) is 32.8 Å². The number of nitrogens with one attached hydrogen (secondary N) is 1. The summed E-state index contributed by atoms with van der Waals surface area (Å²) in [5.41, 5.74) is -0.101. The molecule has 1 aliphatic carbocycles. The first-order valence-corrected chi connectivity index (χ1v) is 14.3. The molecule has 2 heterocycles. The summed E-state index contributed by atoms with van der Waals surface area (Å²) < 4.78 is 38.7. The number of anilines is 1. The Morgan fingerprint density at radius 3 is 2.75 bits per heavy atom. The molecule has 6 nitrogen and oxygen atoms in total. The molecule has 0 bridgehead atoms. The average Bonchev–Trinajstić information content (AvgIpc) is 3.45. The lowest BCUT2D eigenvalue weighted by molar-refractivity contribution is 0.220. The van der Waals surface area contributed by atoms with Crippen LogP contribution >= 0.6 is 11.6 Å². The molecular weight excluding hydrogens is 534 g/mol. The second-order valence-corrected chi connectivity index (χ2v) is 12.0. The van der Waals surface area contributed by atoms with Gasteiger partial charge < -0.3 is 20.1 Å². The van der Waals surface area contributed by atoms with Crippen molar-refractivity contribution in [2.45, 2.75) is 33.6 Å². The third-order valence-electron chi connectivity index (χ3n) is 8.12. The number of fused-ring (bicyclic) bond motifs is 3. The van der Waals surface area contributed by atoms with Crippen LogP contribution in [-0.4, -0.2) is 47.9 Å². The van der Waals surface area contributed by atoms with Gasteiger partial charge in [0.1, 0.15) is 22.9 Å². The van der Waals surface area contributed by atoms with E-state index in [0.29, 0.717) is 53.1 Å². The van der Waals surface area contributed by atoms with E-state index in [2.05, 4.69) is 36.0 Å². The van der Waals surface area contributed by atoms with E-state index < -0.39 is 11.6 Å². The van der Waals surface area contributed by atoms with Gasteiger partial charge in [0, 0.05) is 46.4 Å². The van der Waals surface area contributed by atoms with Gasteiger partial charge in [0.2, 0.25) is 0 Å². The lowest BCUT2D eigenvalue weighted by Crippen LogP contribution is -2.30. The molecule has 3 aromatic carbocycles. The van der Waals surface area contributed by atoms with Crippen molar-refractivity contribution in [3.63, 3.8) is 0 Å². The van der Waals surface area contributed by atoms with Gasteiger partial charge in [-0.15, -0.1) is 0 Å². The van der Waals surface area contributed by atoms with Crippen LogP contribution in [0.4, 0.5) is 14.6 Å². The summed E-state index contributed by atoms with van der Waals surface area (Å²) in [6, 6.07) is 9.35. The maximum atomic E-state index is 16.6. The molecule has 1 aliphatic heterocycles. The van der Waals surface area contributed by atoms with Gasteiger partial charge in [0.15, 0.2) is 5.82 Å². The van der Waals surface area contributed by atoms with Crippen LogP contribution < -0.4 is 15.0 Å².